The van der Waals surface area contributed by atoms with Crippen LogP contribution in [-0.2, 0) is 0 Å². The number of thioether (sulfide) groups is 1. The van der Waals surface area contributed by atoms with Crippen LogP contribution in [0.1, 0.15) is 18.9 Å². The third kappa shape index (κ3) is 2.65. The summed E-state index contributed by atoms with van der Waals surface area (Å²) in [5.74, 6) is 0.939. The number of nitrogens with one attached hydrogen (secondary N) is 1. The van der Waals surface area contributed by atoms with Gasteiger partial charge in [0, 0.05) is 17.0 Å². The van der Waals surface area contributed by atoms with E-state index in [1.54, 1.807) is 6.07 Å². The van der Waals surface area contributed by atoms with Crippen molar-refractivity contribution < 1.29 is 4.39 Å². The van der Waals surface area contributed by atoms with E-state index in [2.05, 4.69) is 12.2 Å². The maximum Gasteiger partial charge on any atom is 0.146 e. The SMILES string of the molecule is Cc1ccc(NC2CSC(C)C2)c(F)c1. The Balaban J connectivity index is 2.04. The minimum atomic E-state index is -0.139. The Morgan fingerprint density at radius 1 is 1.47 bits per heavy atom. The van der Waals surface area contributed by atoms with Gasteiger partial charge in [0.1, 0.15) is 5.82 Å². The molecule has 0 aliphatic carbocycles. The maximum absolute atomic E-state index is 13.5. The summed E-state index contributed by atoms with van der Waals surface area (Å²) < 4.78 is 13.5. The van der Waals surface area contributed by atoms with E-state index in [4.69, 9.17) is 0 Å². The molecule has 1 N–H and O–H groups in total. The number of anilines is 1. The molecule has 82 valence electrons. The van der Waals surface area contributed by atoms with Crippen LogP contribution in [0.25, 0.3) is 0 Å². The van der Waals surface area contributed by atoms with Crippen LogP contribution in [0, 0.1) is 12.7 Å². The van der Waals surface area contributed by atoms with Gasteiger partial charge in [-0.05, 0) is 31.0 Å². The predicted molar refractivity (Wildman–Crippen MR) is 65.1 cm³/mol. The lowest BCUT2D eigenvalue weighted by molar-refractivity contribution is 0.624. The molecule has 0 amide bonds. The van der Waals surface area contributed by atoms with Gasteiger partial charge in [-0.25, -0.2) is 4.39 Å². The van der Waals surface area contributed by atoms with Gasteiger partial charge in [0.15, 0.2) is 0 Å². The summed E-state index contributed by atoms with van der Waals surface area (Å²) in [5, 5.41) is 3.96. The molecular formula is C12H16FNS. The summed E-state index contributed by atoms with van der Waals surface area (Å²) in [6.45, 7) is 4.12. The van der Waals surface area contributed by atoms with E-state index in [0.29, 0.717) is 17.0 Å². The molecule has 0 bridgehead atoms. The number of hydrogen-bond acceptors (Lipinski definition) is 2. The Kier molecular flexibility index (Phi) is 3.19. The highest BCUT2D eigenvalue weighted by molar-refractivity contribution is 8.00. The molecular weight excluding hydrogens is 209 g/mol. The number of benzene rings is 1. The Labute approximate surface area is 94.5 Å². The zero-order chi connectivity index (χ0) is 10.8. The van der Waals surface area contributed by atoms with Crippen LogP contribution in [0.4, 0.5) is 10.1 Å². The molecule has 0 aromatic heterocycles. The number of halogens is 1. The number of aryl methyl sites for hydroxylation is 1. The highest BCUT2D eigenvalue weighted by Gasteiger charge is 2.22. The molecule has 1 nitrogen and oxygen atoms in total. The zero-order valence-electron chi connectivity index (χ0n) is 9.09. The first-order valence-electron chi connectivity index (χ1n) is 5.29. The van der Waals surface area contributed by atoms with E-state index >= 15 is 0 Å². The minimum Gasteiger partial charge on any atom is -0.379 e. The molecule has 2 atom stereocenters. The Hall–Kier alpha value is -0.700. The molecule has 0 saturated carbocycles. The van der Waals surface area contributed by atoms with Crippen LogP contribution in [-0.4, -0.2) is 17.0 Å². The van der Waals surface area contributed by atoms with Gasteiger partial charge in [-0.15, -0.1) is 0 Å². The lowest BCUT2D eigenvalue weighted by atomic mass is 10.1. The highest BCUT2D eigenvalue weighted by Crippen LogP contribution is 2.29. The molecule has 1 aliphatic rings. The van der Waals surface area contributed by atoms with Crippen LogP contribution in [0.2, 0.25) is 0 Å². The molecule has 1 heterocycles. The Morgan fingerprint density at radius 3 is 2.87 bits per heavy atom. The summed E-state index contributed by atoms with van der Waals surface area (Å²) in [6.07, 6.45) is 1.12. The van der Waals surface area contributed by atoms with Crippen LogP contribution < -0.4 is 5.32 Å². The third-order valence-electron chi connectivity index (χ3n) is 2.68. The van der Waals surface area contributed by atoms with Gasteiger partial charge in [0.2, 0.25) is 0 Å². The van der Waals surface area contributed by atoms with Gasteiger partial charge < -0.3 is 5.32 Å². The van der Waals surface area contributed by atoms with E-state index in [1.807, 2.05) is 30.8 Å². The maximum atomic E-state index is 13.5. The zero-order valence-corrected chi connectivity index (χ0v) is 9.90. The van der Waals surface area contributed by atoms with Gasteiger partial charge in [-0.3, -0.25) is 0 Å². The fourth-order valence-corrected chi connectivity index (χ4v) is 3.02. The minimum absolute atomic E-state index is 0.139. The summed E-state index contributed by atoms with van der Waals surface area (Å²) in [5.41, 5.74) is 1.60. The quantitative estimate of drug-likeness (QED) is 0.827. The molecule has 1 fully saturated rings. The normalized spacial score (nSPS) is 25.5. The van der Waals surface area contributed by atoms with Crippen molar-refractivity contribution in [3.63, 3.8) is 0 Å². The van der Waals surface area contributed by atoms with Crippen molar-refractivity contribution in [1.82, 2.24) is 0 Å². The Bertz CT molecular complexity index is 353. The first kappa shape index (κ1) is 10.8. The molecule has 15 heavy (non-hydrogen) atoms. The van der Waals surface area contributed by atoms with Crippen molar-refractivity contribution in [2.24, 2.45) is 0 Å². The number of hydrogen-bond donors (Lipinski definition) is 1. The average Bonchev–Trinajstić information content (AvgIpc) is 2.56. The van der Waals surface area contributed by atoms with E-state index in [-0.39, 0.29) is 5.82 Å². The van der Waals surface area contributed by atoms with Crippen LogP contribution in [0.15, 0.2) is 18.2 Å². The van der Waals surface area contributed by atoms with Crippen LogP contribution in [0.3, 0.4) is 0 Å². The van der Waals surface area contributed by atoms with Crippen molar-refractivity contribution in [3.8, 4) is 0 Å². The van der Waals surface area contributed by atoms with E-state index in [9.17, 15) is 4.39 Å². The van der Waals surface area contributed by atoms with Gasteiger partial charge in [-0.2, -0.15) is 11.8 Å². The van der Waals surface area contributed by atoms with E-state index in [1.165, 1.54) is 0 Å². The molecule has 1 aliphatic heterocycles. The summed E-state index contributed by atoms with van der Waals surface area (Å²) >= 11 is 1.95. The molecule has 2 unspecified atom stereocenters. The third-order valence-corrected chi connectivity index (χ3v) is 4.04. The van der Waals surface area contributed by atoms with E-state index in [0.717, 1.165) is 17.7 Å². The lowest BCUT2D eigenvalue weighted by Gasteiger charge is -2.14. The van der Waals surface area contributed by atoms with Crippen molar-refractivity contribution in [2.75, 3.05) is 11.1 Å². The summed E-state index contributed by atoms with van der Waals surface area (Å²) in [6, 6.07) is 5.77. The van der Waals surface area contributed by atoms with Crippen LogP contribution >= 0.6 is 11.8 Å². The first-order valence-corrected chi connectivity index (χ1v) is 6.34. The van der Waals surface area contributed by atoms with Crippen molar-refractivity contribution in [3.05, 3.63) is 29.6 Å². The molecule has 0 spiro atoms. The van der Waals surface area contributed by atoms with Gasteiger partial charge in [0.25, 0.3) is 0 Å². The first-order chi connectivity index (χ1) is 7.15. The average molecular weight is 225 g/mol. The summed E-state index contributed by atoms with van der Waals surface area (Å²) in [4.78, 5) is 0. The standard InChI is InChI=1S/C12H16FNS/c1-8-3-4-12(11(13)5-8)14-10-6-9(2)15-7-10/h3-5,9-10,14H,6-7H2,1-2H3. The largest absolute Gasteiger partial charge is 0.379 e. The van der Waals surface area contributed by atoms with Crippen molar-refractivity contribution in [1.29, 1.82) is 0 Å². The van der Waals surface area contributed by atoms with Crippen molar-refractivity contribution >= 4 is 17.4 Å². The van der Waals surface area contributed by atoms with Crippen molar-refractivity contribution in [2.45, 2.75) is 31.6 Å². The Morgan fingerprint density at radius 2 is 2.27 bits per heavy atom. The van der Waals surface area contributed by atoms with Gasteiger partial charge >= 0.3 is 0 Å². The fraction of sp³-hybridized carbons (Fsp3) is 0.500. The number of rotatable bonds is 2. The molecule has 3 heteroatoms. The van der Waals surface area contributed by atoms with Gasteiger partial charge in [-0.1, -0.05) is 13.0 Å². The summed E-state index contributed by atoms with van der Waals surface area (Å²) in [7, 11) is 0. The predicted octanol–water partition coefficient (Wildman–Crippen LogP) is 3.44. The lowest BCUT2D eigenvalue weighted by Crippen LogP contribution is -2.19. The second kappa shape index (κ2) is 4.44. The fourth-order valence-electron chi connectivity index (χ4n) is 1.87. The molecule has 1 aromatic carbocycles. The smallest absolute Gasteiger partial charge is 0.146 e. The second-order valence-corrected chi connectivity index (χ2v) is 5.68. The highest BCUT2D eigenvalue weighted by atomic mass is 32.2. The van der Waals surface area contributed by atoms with Crippen LogP contribution in [0.5, 0.6) is 0 Å². The monoisotopic (exact) mass is 225 g/mol. The molecule has 2 rings (SSSR count). The second-order valence-electron chi connectivity index (χ2n) is 4.20. The molecule has 1 saturated heterocycles. The molecule has 1 aromatic rings. The topological polar surface area (TPSA) is 12.0 Å². The van der Waals surface area contributed by atoms with Gasteiger partial charge in [0.05, 0.1) is 5.69 Å². The molecule has 0 radical (unpaired) electrons. The van der Waals surface area contributed by atoms with E-state index < -0.39 is 0 Å².